The number of hydrogen-bond acceptors (Lipinski definition) is 9. The third-order valence-electron chi connectivity index (χ3n) is 10.7. The van der Waals surface area contributed by atoms with E-state index in [9.17, 15) is 9.35 Å². The minimum absolute atomic E-state index is 0.0734. The summed E-state index contributed by atoms with van der Waals surface area (Å²) in [6.07, 6.45) is 9.14. The summed E-state index contributed by atoms with van der Waals surface area (Å²) in [7, 11) is 1.65. The maximum absolute atomic E-state index is 13.5. The molecule has 53 heavy (non-hydrogen) atoms. The third kappa shape index (κ3) is 12.1. The molecule has 0 aromatic heterocycles. The monoisotopic (exact) mass is 774 g/mol. The Morgan fingerprint density at radius 1 is 0.962 bits per heavy atom. The van der Waals surface area contributed by atoms with Crippen LogP contribution in [0.3, 0.4) is 0 Å². The number of methoxy groups -OCH3 is 1. The molecule has 1 N–H and O–H groups in total. The molecule has 2 bridgehead atoms. The van der Waals surface area contributed by atoms with Crippen LogP contribution in [0.5, 0.6) is 5.75 Å². The maximum Gasteiger partial charge on any atom is 0.292 e. The van der Waals surface area contributed by atoms with E-state index in [-0.39, 0.29) is 29.1 Å². The Morgan fingerprint density at radius 3 is 2.40 bits per heavy atom. The number of rotatable bonds is 16. The van der Waals surface area contributed by atoms with Gasteiger partial charge < -0.3 is 37.9 Å². The van der Waals surface area contributed by atoms with Crippen LogP contribution in [0.4, 0.5) is 5.69 Å². The summed E-state index contributed by atoms with van der Waals surface area (Å²) in [6.45, 7) is 12.4. The largest absolute Gasteiger partial charge is 0.593 e. The summed E-state index contributed by atoms with van der Waals surface area (Å²) in [5.74, 6) is 1.31. The van der Waals surface area contributed by atoms with Crippen LogP contribution >= 0.6 is 11.6 Å². The second kappa shape index (κ2) is 21.7. The zero-order valence-electron chi connectivity index (χ0n) is 31.9. The van der Waals surface area contributed by atoms with Crippen molar-refractivity contribution in [3.63, 3.8) is 0 Å². The number of nitrogens with one attached hydrogen (secondary N) is 1. The second-order valence-corrected chi connectivity index (χ2v) is 16.4. The molecule has 2 aromatic carbocycles. The summed E-state index contributed by atoms with van der Waals surface area (Å²) in [5, 5.41) is 0.504. The average Bonchev–Trinajstić information content (AvgIpc) is 3.32. The highest BCUT2D eigenvalue weighted by atomic mass is 35.5. The summed E-state index contributed by atoms with van der Waals surface area (Å²) in [6, 6.07) is 11.8. The van der Waals surface area contributed by atoms with Gasteiger partial charge in [-0.3, -0.25) is 4.79 Å². The SMILES string of the molecule is CCCc1cc(Cl)ccc1C1COc2ccc3cc2N(C1)CC1CCC1C(OCCOCCOCCOCCOC)/C=C/CC(C)C(C)[S+]([O-])NC3=O. The predicted molar refractivity (Wildman–Crippen MR) is 211 cm³/mol. The summed E-state index contributed by atoms with van der Waals surface area (Å²) in [4.78, 5) is 15.9. The van der Waals surface area contributed by atoms with Crippen LogP contribution in [0, 0.1) is 17.8 Å². The van der Waals surface area contributed by atoms with Gasteiger partial charge in [-0.05, 0) is 85.9 Å². The Kier molecular flexibility index (Phi) is 17.1. The number of ether oxygens (including phenoxy) is 6. The quantitative estimate of drug-likeness (QED) is 0.112. The number of nitrogens with zero attached hydrogens (tertiary/aromatic N) is 1. The van der Waals surface area contributed by atoms with Crippen LogP contribution in [0.1, 0.15) is 73.9 Å². The molecule has 1 amide bonds. The first-order valence-corrected chi connectivity index (χ1v) is 20.9. The topological polar surface area (TPSA) is 111 Å². The van der Waals surface area contributed by atoms with Gasteiger partial charge in [-0.25, -0.2) is 0 Å². The van der Waals surface area contributed by atoms with E-state index in [0.29, 0.717) is 76.9 Å². The molecule has 10 nitrogen and oxygen atoms in total. The van der Waals surface area contributed by atoms with E-state index < -0.39 is 11.4 Å². The van der Waals surface area contributed by atoms with E-state index in [4.69, 9.17) is 40.0 Å². The molecule has 1 aliphatic carbocycles. The number of amides is 1. The summed E-state index contributed by atoms with van der Waals surface area (Å²) in [5.41, 5.74) is 3.87. The molecule has 0 radical (unpaired) electrons. The maximum atomic E-state index is 13.5. The highest BCUT2D eigenvalue weighted by Crippen LogP contribution is 2.43. The summed E-state index contributed by atoms with van der Waals surface area (Å²) >= 11 is 4.91. The van der Waals surface area contributed by atoms with Crippen molar-refractivity contribution in [2.75, 3.05) is 84.6 Å². The van der Waals surface area contributed by atoms with Gasteiger partial charge >= 0.3 is 0 Å². The number of carbonyl (C=O) groups is 1. The van der Waals surface area contributed by atoms with Crippen LogP contribution in [0.25, 0.3) is 0 Å². The van der Waals surface area contributed by atoms with Crippen molar-refractivity contribution < 1.29 is 37.8 Å². The number of halogens is 1. The smallest absolute Gasteiger partial charge is 0.292 e. The fourth-order valence-electron chi connectivity index (χ4n) is 7.31. The normalized spacial score (nSPS) is 26.9. The zero-order valence-corrected chi connectivity index (χ0v) is 33.5. The zero-order chi connectivity index (χ0) is 37.6. The van der Waals surface area contributed by atoms with Gasteiger partial charge in [0.05, 0.1) is 82.6 Å². The van der Waals surface area contributed by atoms with Gasteiger partial charge in [0.2, 0.25) is 0 Å². The molecule has 294 valence electrons. The number of anilines is 1. The molecular formula is C41H59ClN2O8S. The highest BCUT2D eigenvalue weighted by Gasteiger charge is 2.39. The molecule has 1 fully saturated rings. The van der Waals surface area contributed by atoms with E-state index in [1.807, 2.05) is 25.1 Å². The van der Waals surface area contributed by atoms with E-state index in [2.05, 4.69) is 47.8 Å². The van der Waals surface area contributed by atoms with Crippen LogP contribution in [0.2, 0.25) is 5.02 Å². The molecule has 2 aromatic rings. The van der Waals surface area contributed by atoms with Crippen molar-refractivity contribution in [3.05, 3.63) is 70.3 Å². The lowest BCUT2D eigenvalue weighted by Gasteiger charge is -2.44. The number of allylic oxidation sites excluding steroid dienone is 1. The number of benzene rings is 2. The molecule has 7 atom stereocenters. The Hall–Kier alpha value is -2.35. The van der Waals surface area contributed by atoms with Gasteiger partial charge in [-0.2, -0.15) is 4.72 Å². The van der Waals surface area contributed by atoms with E-state index in [1.54, 1.807) is 13.2 Å². The lowest BCUT2D eigenvalue weighted by atomic mass is 9.70. The molecular weight excluding hydrogens is 716 g/mol. The first-order chi connectivity index (χ1) is 25.8. The van der Waals surface area contributed by atoms with E-state index >= 15 is 0 Å². The van der Waals surface area contributed by atoms with Crippen molar-refractivity contribution in [3.8, 4) is 5.75 Å². The third-order valence-corrected chi connectivity index (χ3v) is 12.5. The first kappa shape index (κ1) is 41.8. The first-order valence-electron chi connectivity index (χ1n) is 19.3. The van der Waals surface area contributed by atoms with Crippen molar-refractivity contribution in [2.24, 2.45) is 17.8 Å². The van der Waals surface area contributed by atoms with Gasteiger partial charge in [-0.1, -0.05) is 50.1 Å². The van der Waals surface area contributed by atoms with Gasteiger partial charge in [0.15, 0.2) is 0 Å². The lowest BCUT2D eigenvalue weighted by Crippen LogP contribution is -2.45. The second-order valence-electron chi connectivity index (χ2n) is 14.4. The lowest BCUT2D eigenvalue weighted by molar-refractivity contribution is -0.0454. The standard InChI is InChI=1S/C41H59ClN2O8S/c1-5-7-31-24-35(42)12-14-36(31)34-27-44-26-33-10-13-37(33)39(51-23-22-50-21-20-49-19-18-48-17-16-47-4)9-6-8-29(2)30(3)53(46)43-41(45)32-11-15-40(52-28-34)38(44)25-32/h6,9,11-12,14-15,24-25,29-30,33-34,37,39H,5,7-8,10,13,16-23,26-28H2,1-4H3,(H,43,45)/b9-6+. The van der Waals surface area contributed by atoms with Gasteiger partial charge in [0.25, 0.3) is 5.91 Å². The van der Waals surface area contributed by atoms with Crippen LogP contribution in [-0.4, -0.2) is 101 Å². The van der Waals surface area contributed by atoms with E-state index in [0.717, 1.165) is 61.7 Å². The van der Waals surface area contributed by atoms with Gasteiger partial charge in [0.1, 0.15) is 11.0 Å². The number of fused-ring (bicyclic) bond motifs is 2. The fourth-order valence-corrected chi connectivity index (χ4v) is 8.53. The minimum atomic E-state index is -1.55. The molecule has 0 saturated heterocycles. The van der Waals surface area contributed by atoms with Crippen LogP contribution in [-0.2, 0) is 41.5 Å². The molecule has 7 unspecified atom stereocenters. The molecule has 3 aliphatic rings. The number of hydrogen-bond donors (Lipinski definition) is 1. The van der Waals surface area contributed by atoms with Crippen molar-refractivity contribution in [1.29, 1.82) is 0 Å². The Labute approximate surface area is 324 Å². The van der Waals surface area contributed by atoms with Crippen LogP contribution < -0.4 is 14.4 Å². The molecule has 2 heterocycles. The highest BCUT2D eigenvalue weighted by molar-refractivity contribution is 7.90. The van der Waals surface area contributed by atoms with E-state index in [1.165, 1.54) is 11.1 Å². The Bertz CT molecular complexity index is 1470. The van der Waals surface area contributed by atoms with Crippen molar-refractivity contribution >= 4 is 34.6 Å². The molecule has 12 heteroatoms. The molecule has 5 rings (SSSR count). The van der Waals surface area contributed by atoms with Gasteiger partial charge in [-0.15, -0.1) is 0 Å². The van der Waals surface area contributed by atoms with Crippen molar-refractivity contribution in [2.45, 2.75) is 70.1 Å². The number of aryl methyl sites for hydroxylation is 1. The Balaban J connectivity index is 1.32. The fraction of sp³-hybridized carbons (Fsp3) is 0.634. The minimum Gasteiger partial charge on any atom is -0.593 e. The van der Waals surface area contributed by atoms with Crippen molar-refractivity contribution in [1.82, 2.24) is 4.72 Å². The van der Waals surface area contributed by atoms with Gasteiger partial charge in [0, 0.05) is 42.6 Å². The number of carbonyl (C=O) groups excluding carboxylic acids is 1. The molecule has 2 aliphatic heterocycles. The summed E-state index contributed by atoms with van der Waals surface area (Å²) < 4.78 is 51.1. The van der Waals surface area contributed by atoms with Crippen LogP contribution in [0.15, 0.2) is 48.6 Å². The molecule has 0 spiro atoms. The average molecular weight is 775 g/mol. The molecule has 1 saturated carbocycles. The Morgan fingerprint density at radius 2 is 1.70 bits per heavy atom. The predicted octanol–water partition coefficient (Wildman–Crippen LogP) is 6.76.